The Kier molecular flexibility index (Phi) is 5.26. The molecule has 0 spiro atoms. The van der Waals surface area contributed by atoms with Crippen LogP contribution in [0.15, 0.2) is 18.2 Å². The van der Waals surface area contributed by atoms with Crippen molar-refractivity contribution in [3.63, 3.8) is 0 Å². The Morgan fingerprint density at radius 3 is 2.79 bits per heavy atom. The molecule has 0 aliphatic carbocycles. The number of anilines is 1. The summed E-state index contributed by atoms with van der Waals surface area (Å²) in [7, 11) is 1.58. The molecule has 0 saturated heterocycles. The van der Waals surface area contributed by atoms with E-state index in [1.807, 2.05) is 6.92 Å². The van der Waals surface area contributed by atoms with E-state index in [2.05, 4.69) is 5.32 Å². The zero-order valence-corrected chi connectivity index (χ0v) is 11.5. The molecule has 0 heterocycles. The molecule has 0 aromatic heterocycles. The molecule has 0 amide bonds. The first-order chi connectivity index (χ1) is 8.85. The fourth-order valence-corrected chi connectivity index (χ4v) is 1.61. The van der Waals surface area contributed by atoms with Crippen LogP contribution in [0.1, 0.15) is 18.9 Å². The molecule has 0 aliphatic heterocycles. The van der Waals surface area contributed by atoms with E-state index in [0.717, 1.165) is 5.56 Å². The van der Waals surface area contributed by atoms with Crippen LogP contribution in [0.2, 0.25) is 0 Å². The van der Waals surface area contributed by atoms with Crippen LogP contribution in [0.4, 0.5) is 11.4 Å². The van der Waals surface area contributed by atoms with Gasteiger partial charge in [-0.15, -0.1) is 0 Å². The van der Waals surface area contributed by atoms with E-state index in [1.165, 1.54) is 12.1 Å². The van der Waals surface area contributed by atoms with E-state index in [0.29, 0.717) is 25.3 Å². The number of hydrogen-bond donors (Lipinski definition) is 2. The first-order valence-electron chi connectivity index (χ1n) is 6.06. The van der Waals surface area contributed by atoms with E-state index in [4.69, 9.17) is 4.74 Å². The topological polar surface area (TPSA) is 84.6 Å². The number of benzene rings is 1. The molecular formula is C13H20N2O4. The normalized spacial score (nSPS) is 13.9. The van der Waals surface area contributed by atoms with E-state index in [1.54, 1.807) is 20.1 Å². The Morgan fingerprint density at radius 1 is 1.53 bits per heavy atom. The van der Waals surface area contributed by atoms with Gasteiger partial charge in [0.25, 0.3) is 5.69 Å². The lowest BCUT2D eigenvalue weighted by atomic mass is 10.0. The molecule has 6 nitrogen and oxygen atoms in total. The van der Waals surface area contributed by atoms with Crippen molar-refractivity contribution in [3.8, 4) is 0 Å². The van der Waals surface area contributed by atoms with Crippen LogP contribution in [-0.4, -0.2) is 35.9 Å². The maximum absolute atomic E-state index is 10.7. The van der Waals surface area contributed by atoms with Crippen molar-refractivity contribution in [2.45, 2.75) is 25.9 Å². The molecule has 1 aromatic carbocycles. The monoisotopic (exact) mass is 268 g/mol. The van der Waals surface area contributed by atoms with Crippen molar-refractivity contribution < 1.29 is 14.8 Å². The molecule has 2 N–H and O–H groups in total. The summed E-state index contributed by atoms with van der Waals surface area (Å²) in [5.74, 6) is 0. The predicted molar refractivity (Wildman–Crippen MR) is 73.4 cm³/mol. The number of aliphatic hydroxyl groups is 1. The molecule has 1 unspecified atom stereocenters. The molecule has 19 heavy (non-hydrogen) atoms. The van der Waals surface area contributed by atoms with Crippen LogP contribution < -0.4 is 5.32 Å². The lowest BCUT2D eigenvalue weighted by Gasteiger charge is -2.24. The smallest absolute Gasteiger partial charge is 0.271 e. The zero-order valence-electron chi connectivity index (χ0n) is 11.5. The molecule has 1 atom stereocenters. The lowest BCUT2D eigenvalue weighted by Crippen LogP contribution is -2.34. The highest BCUT2D eigenvalue weighted by Gasteiger charge is 2.20. The summed E-state index contributed by atoms with van der Waals surface area (Å²) in [6, 6.07) is 4.62. The Morgan fingerprint density at radius 2 is 2.21 bits per heavy atom. The average molecular weight is 268 g/mol. The largest absolute Gasteiger partial charge is 0.388 e. The van der Waals surface area contributed by atoms with E-state index >= 15 is 0 Å². The second kappa shape index (κ2) is 6.49. The van der Waals surface area contributed by atoms with E-state index < -0.39 is 10.5 Å². The Hall–Kier alpha value is -1.66. The minimum atomic E-state index is -0.924. The number of non-ortho nitro benzene ring substituents is 1. The van der Waals surface area contributed by atoms with Gasteiger partial charge in [0.1, 0.15) is 0 Å². The van der Waals surface area contributed by atoms with Gasteiger partial charge in [0.05, 0.1) is 10.5 Å². The summed E-state index contributed by atoms with van der Waals surface area (Å²) in [5, 5.41) is 23.9. The lowest BCUT2D eigenvalue weighted by molar-refractivity contribution is -0.384. The average Bonchev–Trinajstić information content (AvgIpc) is 2.35. The molecule has 106 valence electrons. The minimum absolute atomic E-state index is 0.0321. The van der Waals surface area contributed by atoms with Gasteiger partial charge in [-0.2, -0.15) is 0 Å². The molecule has 0 aliphatic rings. The van der Waals surface area contributed by atoms with Crippen LogP contribution in [0.5, 0.6) is 0 Å². The number of methoxy groups -OCH3 is 1. The van der Waals surface area contributed by atoms with Crippen molar-refractivity contribution in [1.82, 2.24) is 0 Å². The Balaban J connectivity index is 2.71. The van der Waals surface area contributed by atoms with Crippen molar-refractivity contribution in [2.24, 2.45) is 0 Å². The number of nitrogens with one attached hydrogen (secondary N) is 1. The standard InChI is InChI=1S/C13H20N2O4/c1-10-4-5-11(15(17)18)8-12(10)14-9-13(2,16)6-7-19-3/h4-5,8,14,16H,6-7,9H2,1-3H3. The third-order valence-electron chi connectivity index (χ3n) is 2.94. The van der Waals surface area contributed by atoms with Crippen LogP contribution in [-0.2, 0) is 4.74 Å². The number of ether oxygens (including phenoxy) is 1. The first-order valence-corrected chi connectivity index (χ1v) is 6.06. The second-order valence-corrected chi connectivity index (χ2v) is 4.85. The number of rotatable bonds is 7. The van der Waals surface area contributed by atoms with Crippen LogP contribution in [0.25, 0.3) is 0 Å². The number of aryl methyl sites for hydroxylation is 1. The van der Waals surface area contributed by atoms with Gasteiger partial charge in [0.2, 0.25) is 0 Å². The molecule has 0 fully saturated rings. The number of hydrogen-bond acceptors (Lipinski definition) is 5. The van der Waals surface area contributed by atoms with Gasteiger partial charge in [-0.05, 0) is 19.4 Å². The maximum Gasteiger partial charge on any atom is 0.271 e. The highest BCUT2D eigenvalue weighted by Crippen LogP contribution is 2.22. The van der Waals surface area contributed by atoms with Gasteiger partial charge in [-0.25, -0.2) is 0 Å². The van der Waals surface area contributed by atoms with Gasteiger partial charge in [-0.3, -0.25) is 10.1 Å². The number of nitro benzene ring substituents is 1. The van der Waals surface area contributed by atoms with Crippen LogP contribution in [0.3, 0.4) is 0 Å². The second-order valence-electron chi connectivity index (χ2n) is 4.85. The maximum atomic E-state index is 10.7. The highest BCUT2D eigenvalue weighted by atomic mass is 16.6. The fourth-order valence-electron chi connectivity index (χ4n) is 1.61. The van der Waals surface area contributed by atoms with Gasteiger partial charge in [0.15, 0.2) is 0 Å². The molecule has 0 bridgehead atoms. The molecule has 6 heteroatoms. The molecule has 1 rings (SSSR count). The van der Waals surface area contributed by atoms with E-state index in [9.17, 15) is 15.2 Å². The van der Waals surface area contributed by atoms with Crippen LogP contribution >= 0.6 is 0 Å². The van der Waals surface area contributed by atoms with Crippen LogP contribution in [0, 0.1) is 17.0 Å². The first kappa shape index (κ1) is 15.4. The zero-order chi connectivity index (χ0) is 14.5. The fraction of sp³-hybridized carbons (Fsp3) is 0.538. The van der Waals surface area contributed by atoms with Crippen molar-refractivity contribution >= 4 is 11.4 Å². The summed E-state index contributed by atoms with van der Waals surface area (Å²) >= 11 is 0. The van der Waals surface area contributed by atoms with Crippen molar-refractivity contribution in [1.29, 1.82) is 0 Å². The summed E-state index contributed by atoms with van der Waals surface area (Å²) in [6.45, 7) is 4.32. The quantitative estimate of drug-likeness (QED) is 0.584. The summed E-state index contributed by atoms with van der Waals surface area (Å²) in [4.78, 5) is 10.3. The highest BCUT2D eigenvalue weighted by molar-refractivity contribution is 5.56. The molecule has 0 radical (unpaired) electrons. The predicted octanol–water partition coefficient (Wildman–Crippen LogP) is 2.10. The van der Waals surface area contributed by atoms with Crippen molar-refractivity contribution in [2.75, 3.05) is 25.6 Å². The molecule has 1 aromatic rings. The summed E-state index contributed by atoms with van der Waals surface area (Å²) in [5.41, 5.74) is 0.664. The van der Waals surface area contributed by atoms with Crippen molar-refractivity contribution in [3.05, 3.63) is 33.9 Å². The molecule has 0 saturated carbocycles. The SMILES string of the molecule is COCCC(C)(O)CNc1cc([N+](=O)[O-])ccc1C. The third-order valence-corrected chi connectivity index (χ3v) is 2.94. The number of nitro groups is 1. The minimum Gasteiger partial charge on any atom is -0.388 e. The van der Waals surface area contributed by atoms with Gasteiger partial charge in [-0.1, -0.05) is 6.07 Å². The molecular weight excluding hydrogens is 248 g/mol. The Bertz CT molecular complexity index is 446. The Labute approximate surface area is 112 Å². The summed E-state index contributed by atoms with van der Waals surface area (Å²) in [6.07, 6.45) is 0.491. The van der Waals surface area contributed by atoms with E-state index in [-0.39, 0.29) is 5.69 Å². The van der Waals surface area contributed by atoms with Gasteiger partial charge in [0, 0.05) is 44.5 Å². The van der Waals surface area contributed by atoms with Gasteiger partial charge < -0.3 is 15.2 Å². The number of nitrogens with zero attached hydrogens (tertiary/aromatic N) is 1. The summed E-state index contributed by atoms with van der Waals surface area (Å²) < 4.78 is 4.93. The third kappa shape index (κ3) is 4.84. The van der Waals surface area contributed by atoms with Gasteiger partial charge >= 0.3 is 0 Å².